The van der Waals surface area contributed by atoms with E-state index in [1.165, 1.54) is 12.1 Å². The summed E-state index contributed by atoms with van der Waals surface area (Å²) in [6.07, 6.45) is 6.17. The monoisotopic (exact) mass is 346 g/mol. The predicted octanol–water partition coefficient (Wildman–Crippen LogP) is 4.10. The van der Waals surface area contributed by atoms with Crippen LogP contribution in [0.25, 0.3) is 0 Å². The van der Waals surface area contributed by atoms with E-state index in [0.717, 1.165) is 25.1 Å². The number of anilines is 1. The number of nitrogens with one attached hydrogen (secondary N) is 2. The van der Waals surface area contributed by atoms with Gasteiger partial charge in [0.2, 0.25) is 0 Å². The summed E-state index contributed by atoms with van der Waals surface area (Å²) >= 11 is 0. The Morgan fingerprint density at radius 2 is 2.28 bits per heavy atom. The van der Waals surface area contributed by atoms with Gasteiger partial charge >= 0.3 is 6.03 Å². The molecule has 1 aliphatic heterocycles. The lowest BCUT2D eigenvalue weighted by Gasteiger charge is -2.34. The summed E-state index contributed by atoms with van der Waals surface area (Å²) in [4.78, 5) is 21.7. The van der Waals surface area contributed by atoms with Gasteiger partial charge in [0.25, 0.3) is 0 Å². The highest BCUT2D eigenvalue weighted by molar-refractivity contribution is 5.89. The highest BCUT2D eigenvalue weighted by atomic mass is 19.1. The fourth-order valence-electron chi connectivity index (χ4n) is 3.05. The zero-order valence-electron chi connectivity index (χ0n) is 14.5. The molecule has 0 saturated carbocycles. The van der Waals surface area contributed by atoms with Crippen LogP contribution >= 0.6 is 0 Å². The van der Waals surface area contributed by atoms with Crippen LogP contribution in [0.1, 0.15) is 45.0 Å². The van der Waals surface area contributed by atoms with Crippen LogP contribution in [-0.4, -0.2) is 33.5 Å². The van der Waals surface area contributed by atoms with Gasteiger partial charge in [0, 0.05) is 25.0 Å². The molecule has 0 bridgehead atoms. The molecule has 1 unspecified atom stereocenters. The molecule has 1 fully saturated rings. The summed E-state index contributed by atoms with van der Waals surface area (Å²) in [6, 6.07) is 4.03. The number of amides is 2. The maximum Gasteiger partial charge on any atom is 0.322 e. The number of nitrogens with zero attached hydrogens (tertiary/aromatic N) is 2. The highest BCUT2D eigenvalue weighted by Crippen LogP contribution is 2.30. The molecule has 3 rings (SSSR count). The van der Waals surface area contributed by atoms with Gasteiger partial charge in [0.15, 0.2) is 0 Å². The van der Waals surface area contributed by atoms with Gasteiger partial charge in [-0.05, 0) is 45.2 Å². The van der Waals surface area contributed by atoms with Crippen LogP contribution < -0.4 is 10.1 Å². The zero-order valence-corrected chi connectivity index (χ0v) is 14.5. The maximum atomic E-state index is 14.3. The smallest absolute Gasteiger partial charge is 0.322 e. The van der Waals surface area contributed by atoms with Crippen LogP contribution in [0.3, 0.4) is 0 Å². The highest BCUT2D eigenvalue weighted by Gasteiger charge is 2.30. The molecule has 1 aromatic carbocycles. The number of carbonyl (C=O) groups excluding carboxylic acids is 1. The lowest BCUT2D eigenvalue weighted by molar-refractivity contribution is 0.159. The third-order valence-electron chi connectivity index (χ3n) is 4.15. The van der Waals surface area contributed by atoms with Crippen LogP contribution in [0.2, 0.25) is 0 Å². The normalized spacial score (nSPS) is 17.6. The van der Waals surface area contributed by atoms with Crippen molar-refractivity contribution in [3.8, 4) is 5.75 Å². The number of benzene rings is 1. The summed E-state index contributed by atoms with van der Waals surface area (Å²) in [5.74, 6) is 0.686. The molecule has 1 saturated heterocycles. The van der Waals surface area contributed by atoms with Gasteiger partial charge in [0.05, 0.1) is 17.8 Å². The minimum Gasteiger partial charge on any atom is -0.491 e. The first kappa shape index (κ1) is 17.3. The molecule has 2 heterocycles. The van der Waals surface area contributed by atoms with Crippen molar-refractivity contribution < 1.29 is 13.9 Å². The molecule has 134 valence electrons. The number of H-pyrrole nitrogens is 1. The summed E-state index contributed by atoms with van der Waals surface area (Å²) < 4.78 is 19.7. The van der Waals surface area contributed by atoms with Crippen molar-refractivity contribution in [1.29, 1.82) is 0 Å². The second-order valence-corrected chi connectivity index (χ2v) is 6.42. The second kappa shape index (κ2) is 7.55. The fraction of sp³-hybridized carbons (Fsp3) is 0.444. The van der Waals surface area contributed by atoms with Gasteiger partial charge in [-0.25, -0.2) is 14.2 Å². The van der Waals surface area contributed by atoms with Crippen molar-refractivity contribution >= 4 is 11.7 Å². The Labute approximate surface area is 146 Å². The van der Waals surface area contributed by atoms with Crippen molar-refractivity contribution in [3.05, 3.63) is 42.2 Å². The number of ether oxygens (including phenoxy) is 1. The number of aromatic nitrogens is 2. The number of carbonyl (C=O) groups is 1. The van der Waals surface area contributed by atoms with E-state index >= 15 is 0 Å². The molecule has 1 aliphatic rings. The fourth-order valence-corrected chi connectivity index (χ4v) is 3.05. The Bertz CT molecular complexity index is 718. The van der Waals surface area contributed by atoms with Crippen molar-refractivity contribution in [1.82, 2.24) is 14.9 Å². The zero-order chi connectivity index (χ0) is 17.8. The topological polar surface area (TPSA) is 70.2 Å². The largest absolute Gasteiger partial charge is 0.491 e. The van der Waals surface area contributed by atoms with E-state index in [2.05, 4.69) is 15.3 Å². The molecular weight excluding hydrogens is 323 g/mol. The number of imidazole rings is 1. The van der Waals surface area contributed by atoms with E-state index in [4.69, 9.17) is 4.74 Å². The summed E-state index contributed by atoms with van der Waals surface area (Å²) in [6.45, 7) is 4.37. The molecule has 25 heavy (non-hydrogen) atoms. The summed E-state index contributed by atoms with van der Waals surface area (Å²) in [5, 5.41) is 2.67. The van der Waals surface area contributed by atoms with Crippen molar-refractivity contribution in [2.24, 2.45) is 0 Å². The van der Waals surface area contributed by atoms with E-state index in [0.29, 0.717) is 12.3 Å². The number of urea groups is 1. The molecule has 2 aromatic rings. The third-order valence-corrected chi connectivity index (χ3v) is 4.15. The van der Waals surface area contributed by atoms with Crippen LogP contribution in [0.5, 0.6) is 5.75 Å². The maximum absolute atomic E-state index is 14.3. The molecule has 6 nitrogen and oxygen atoms in total. The Morgan fingerprint density at radius 1 is 1.44 bits per heavy atom. The molecule has 1 aromatic heterocycles. The van der Waals surface area contributed by atoms with Crippen LogP contribution in [0, 0.1) is 5.82 Å². The van der Waals surface area contributed by atoms with E-state index in [1.807, 2.05) is 13.8 Å². The standard InChI is InChI=1S/C18H23FN4O2/c1-12(2)25-13-6-7-15(14(19)11-13)22-18(24)23-10-4-3-5-16(23)17-20-8-9-21-17/h6-9,11-12,16H,3-5,10H2,1-2H3,(H,20,21)(H,22,24). The molecule has 7 heteroatoms. The van der Waals surface area contributed by atoms with Gasteiger partial charge in [-0.15, -0.1) is 0 Å². The minimum atomic E-state index is -0.516. The summed E-state index contributed by atoms with van der Waals surface area (Å²) in [7, 11) is 0. The number of aromatic amines is 1. The van der Waals surface area contributed by atoms with Gasteiger partial charge in [0.1, 0.15) is 17.4 Å². The van der Waals surface area contributed by atoms with E-state index < -0.39 is 5.82 Å². The van der Waals surface area contributed by atoms with Crippen molar-refractivity contribution in [3.63, 3.8) is 0 Å². The molecule has 2 N–H and O–H groups in total. The molecule has 0 spiro atoms. The van der Waals surface area contributed by atoms with Crippen molar-refractivity contribution in [2.45, 2.75) is 45.3 Å². The average molecular weight is 346 g/mol. The summed E-state index contributed by atoms with van der Waals surface area (Å²) in [5.41, 5.74) is 0.143. The molecule has 2 amide bonds. The number of hydrogen-bond acceptors (Lipinski definition) is 3. The van der Waals surface area contributed by atoms with E-state index in [9.17, 15) is 9.18 Å². The Morgan fingerprint density at radius 3 is 2.96 bits per heavy atom. The van der Waals surface area contributed by atoms with Gasteiger partial charge in [-0.1, -0.05) is 0 Å². The SMILES string of the molecule is CC(C)Oc1ccc(NC(=O)N2CCCCC2c2ncc[nH]2)c(F)c1. The Balaban J connectivity index is 1.72. The Kier molecular flexibility index (Phi) is 5.21. The van der Waals surface area contributed by atoms with Crippen molar-refractivity contribution in [2.75, 3.05) is 11.9 Å². The molecule has 0 aliphatic carbocycles. The molecule has 0 radical (unpaired) electrons. The van der Waals surface area contributed by atoms with Crippen LogP contribution in [0.4, 0.5) is 14.9 Å². The second-order valence-electron chi connectivity index (χ2n) is 6.42. The number of hydrogen-bond donors (Lipinski definition) is 2. The number of piperidine rings is 1. The third kappa shape index (κ3) is 4.10. The predicted molar refractivity (Wildman–Crippen MR) is 93.1 cm³/mol. The molecule has 1 atom stereocenters. The lowest BCUT2D eigenvalue weighted by Crippen LogP contribution is -2.41. The average Bonchev–Trinajstić information content (AvgIpc) is 3.11. The van der Waals surface area contributed by atoms with Gasteiger partial charge in [-0.3, -0.25) is 0 Å². The van der Waals surface area contributed by atoms with Gasteiger partial charge < -0.3 is 19.9 Å². The number of rotatable bonds is 4. The first-order chi connectivity index (χ1) is 12.0. The Hall–Kier alpha value is -2.57. The first-order valence-electron chi connectivity index (χ1n) is 8.57. The van der Waals surface area contributed by atoms with Crippen LogP contribution in [-0.2, 0) is 0 Å². The van der Waals surface area contributed by atoms with Crippen LogP contribution in [0.15, 0.2) is 30.6 Å². The van der Waals surface area contributed by atoms with E-state index in [1.54, 1.807) is 23.4 Å². The number of likely N-dealkylation sites (tertiary alicyclic amines) is 1. The quantitative estimate of drug-likeness (QED) is 0.876. The first-order valence-corrected chi connectivity index (χ1v) is 8.57. The van der Waals surface area contributed by atoms with Gasteiger partial charge in [-0.2, -0.15) is 0 Å². The minimum absolute atomic E-state index is 0.0396. The lowest BCUT2D eigenvalue weighted by atomic mass is 10.0. The van der Waals surface area contributed by atoms with E-state index in [-0.39, 0.29) is 23.9 Å². The number of halogens is 1. The molecular formula is C18H23FN4O2.